The normalized spacial score (nSPS) is 16.9. The van der Waals surface area contributed by atoms with Gasteiger partial charge in [0.25, 0.3) is 10.0 Å². The third kappa shape index (κ3) is 4.97. The molecule has 0 heterocycles. The average molecular weight is 427 g/mol. The molecule has 0 saturated carbocycles. The van der Waals surface area contributed by atoms with Gasteiger partial charge in [0.05, 0.1) is 21.8 Å². The lowest BCUT2D eigenvalue weighted by Crippen LogP contribution is -2.26. The molecule has 2 aromatic carbocycles. The highest BCUT2D eigenvalue weighted by atomic mass is 32.2. The van der Waals surface area contributed by atoms with Crippen molar-refractivity contribution in [1.82, 2.24) is 0 Å². The maximum atomic E-state index is 12.7. The molecule has 1 aliphatic rings. The number of allylic oxidation sites excluding steroid dienone is 2. The van der Waals surface area contributed by atoms with Crippen molar-refractivity contribution in [3.63, 3.8) is 0 Å². The van der Waals surface area contributed by atoms with Crippen LogP contribution in [0.2, 0.25) is 0 Å². The molecule has 30 heavy (non-hydrogen) atoms. The quantitative estimate of drug-likeness (QED) is 0.657. The van der Waals surface area contributed by atoms with E-state index in [-0.39, 0.29) is 27.4 Å². The number of carbonyl (C=O) groups excluding carboxylic acids is 1. The van der Waals surface area contributed by atoms with Gasteiger partial charge in [-0.25, -0.2) is 8.42 Å². The number of nitrogens with one attached hydrogen (secondary N) is 1. The molecule has 7 heteroatoms. The standard InChI is InChI=1S/C23H26N2O4S/c1-15-5-10-20(16(2)11-15)25-30(28,29)18-8-6-17(7-9-18)24-14-19-21(26)12-23(3,4)13-22(19)27/h5-11,14,25-26H,12-13H2,1-4H3. The number of hydrogen-bond donors (Lipinski definition) is 2. The fourth-order valence-corrected chi connectivity index (χ4v) is 4.56. The van der Waals surface area contributed by atoms with Gasteiger partial charge in [0.2, 0.25) is 0 Å². The van der Waals surface area contributed by atoms with Gasteiger partial charge >= 0.3 is 0 Å². The van der Waals surface area contributed by atoms with E-state index in [0.29, 0.717) is 24.2 Å². The van der Waals surface area contributed by atoms with Gasteiger partial charge in [0, 0.05) is 19.1 Å². The van der Waals surface area contributed by atoms with E-state index in [1.54, 1.807) is 18.2 Å². The van der Waals surface area contributed by atoms with Gasteiger partial charge < -0.3 is 5.11 Å². The SMILES string of the molecule is Cc1ccc(NS(=O)(=O)c2ccc(N=CC3=C(O)CC(C)(C)CC3=O)cc2)c(C)c1. The molecular weight excluding hydrogens is 400 g/mol. The highest BCUT2D eigenvalue weighted by molar-refractivity contribution is 7.92. The van der Waals surface area contributed by atoms with E-state index in [9.17, 15) is 18.3 Å². The largest absolute Gasteiger partial charge is 0.511 e. The van der Waals surface area contributed by atoms with E-state index in [1.165, 1.54) is 18.3 Å². The van der Waals surface area contributed by atoms with Crippen LogP contribution in [-0.2, 0) is 14.8 Å². The number of Topliss-reactive ketones (excluding diaryl/α,β-unsaturated/α-hetero) is 1. The van der Waals surface area contributed by atoms with Gasteiger partial charge in [-0.1, -0.05) is 31.5 Å². The van der Waals surface area contributed by atoms with Crippen molar-refractivity contribution in [2.45, 2.75) is 45.4 Å². The summed E-state index contributed by atoms with van der Waals surface area (Å²) in [7, 11) is -3.74. The number of hydrogen-bond acceptors (Lipinski definition) is 5. The Kier molecular flexibility index (Phi) is 5.85. The van der Waals surface area contributed by atoms with Crippen molar-refractivity contribution < 1.29 is 18.3 Å². The fourth-order valence-electron chi connectivity index (χ4n) is 3.43. The van der Waals surface area contributed by atoms with E-state index >= 15 is 0 Å². The van der Waals surface area contributed by atoms with E-state index < -0.39 is 10.0 Å². The molecule has 0 saturated heterocycles. The lowest BCUT2D eigenvalue weighted by molar-refractivity contribution is -0.117. The fraction of sp³-hybridized carbons (Fsp3) is 0.304. The molecular formula is C23H26N2O4S. The number of aliphatic hydroxyl groups is 1. The molecule has 0 atom stereocenters. The van der Waals surface area contributed by atoms with E-state index in [0.717, 1.165) is 11.1 Å². The van der Waals surface area contributed by atoms with Crippen LogP contribution in [0.4, 0.5) is 11.4 Å². The maximum Gasteiger partial charge on any atom is 0.261 e. The summed E-state index contributed by atoms with van der Waals surface area (Å²) >= 11 is 0. The third-order valence-corrected chi connectivity index (χ3v) is 6.39. The molecule has 0 aliphatic heterocycles. The minimum Gasteiger partial charge on any atom is -0.511 e. The second kappa shape index (κ2) is 8.07. The van der Waals surface area contributed by atoms with Crippen LogP contribution in [0.5, 0.6) is 0 Å². The first-order chi connectivity index (χ1) is 14.0. The van der Waals surface area contributed by atoms with Gasteiger partial charge in [-0.05, 0) is 55.2 Å². The molecule has 2 aromatic rings. The predicted octanol–water partition coefficient (Wildman–Crippen LogP) is 5.01. The predicted molar refractivity (Wildman–Crippen MR) is 119 cm³/mol. The molecule has 158 valence electrons. The first-order valence-electron chi connectivity index (χ1n) is 9.66. The Balaban J connectivity index is 1.77. The number of benzene rings is 2. The first-order valence-corrected chi connectivity index (χ1v) is 11.1. The van der Waals surface area contributed by atoms with Crippen LogP contribution in [0.3, 0.4) is 0 Å². The third-order valence-electron chi connectivity index (χ3n) is 5.01. The topological polar surface area (TPSA) is 95.8 Å². The number of aryl methyl sites for hydroxylation is 2. The summed E-state index contributed by atoms with van der Waals surface area (Å²) in [6, 6.07) is 11.5. The Morgan fingerprint density at radius 1 is 1.07 bits per heavy atom. The number of anilines is 1. The highest BCUT2D eigenvalue weighted by Crippen LogP contribution is 2.35. The highest BCUT2D eigenvalue weighted by Gasteiger charge is 2.32. The number of aliphatic imine (C=N–C) groups is 1. The van der Waals surface area contributed by atoms with Crippen molar-refractivity contribution >= 4 is 33.4 Å². The summed E-state index contributed by atoms with van der Waals surface area (Å²) in [6.45, 7) is 7.66. The van der Waals surface area contributed by atoms with E-state index in [4.69, 9.17) is 0 Å². The van der Waals surface area contributed by atoms with Crippen LogP contribution in [0.15, 0.2) is 63.7 Å². The maximum absolute atomic E-state index is 12.7. The van der Waals surface area contributed by atoms with Gasteiger partial charge in [-0.2, -0.15) is 0 Å². The van der Waals surface area contributed by atoms with Crippen molar-refractivity contribution in [3.8, 4) is 0 Å². The molecule has 0 fully saturated rings. The van der Waals surface area contributed by atoms with Crippen LogP contribution in [0, 0.1) is 19.3 Å². The molecule has 0 spiro atoms. The van der Waals surface area contributed by atoms with Crippen molar-refractivity contribution in [1.29, 1.82) is 0 Å². The average Bonchev–Trinajstić information content (AvgIpc) is 2.63. The summed E-state index contributed by atoms with van der Waals surface area (Å²) in [5, 5.41) is 10.2. The monoisotopic (exact) mass is 426 g/mol. The molecule has 3 rings (SSSR count). The molecule has 2 N–H and O–H groups in total. The summed E-state index contributed by atoms with van der Waals surface area (Å²) in [5.74, 6) is -0.110. The summed E-state index contributed by atoms with van der Waals surface area (Å²) in [6.07, 6.45) is 2.12. The van der Waals surface area contributed by atoms with E-state index in [1.807, 2.05) is 39.8 Å². The molecule has 0 aromatic heterocycles. The van der Waals surface area contributed by atoms with Crippen LogP contribution < -0.4 is 4.72 Å². The van der Waals surface area contributed by atoms with Gasteiger partial charge in [-0.3, -0.25) is 14.5 Å². The summed E-state index contributed by atoms with van der Waals surface area (Å²) in [4.78, 5) is 16.6. The number of aliphatic hydroxyl groups excluding tert-OH is 1. The second-order valence-electron chi connectivity index (χ2n) is 8.48. The molecule has 0 amide bonds. The van der Waals surface area contributed by atoms with Crippen molar-refractivity contribution in [2.75, 3.05) is 4.72 Å². The van der Waals surface area contributed by atoms with Gasteiger partial charge in [-0.15, -0.1) is 0 Å². The summed E-state index contributed by atoms with van der Waals surface area (Å²) < 4.78 is 27.9. The Morgan fingerprint density at radius 3 is 2.33 bits per heavy atom. The first kappa shape index (κ1) is 21.8. The zero-order valence-corrected chi connectivity index (χ0v) is 18.4. The Bertz CT molecular complexity index is 1140. The van der Waals surface area contributed by atoms with Crippen LogP contribution >= 0.6 is 0 Å². The van der Waals surface area contributed by atoms with Crippen LogP contribution in [0.25, 0.3) is 0 Å². The minimum absolute atomic E-state index is 0.0388. The number of nitrogens with zero attached hydrogens (tertiary/aromatic N) is 1. The van der Waals surface area contributed by atoms with E-state index in [2.05, 4.69) is 9.71 Å². The number of carbonyl (C=O) groups is 1. The Labute approximate surface area is 177 Å². The zero-order valence-electron chi connectivity index (χ0n) is 17.6. The Hall–Kier alpha value is -2.93. The smallest absolute Gasteiger partial charge is 0.261 e. The zero-order chi connectivity index (χ0) is 22.1. The van der Waals surface area contributed by atoms with Crippen LogP contribution in [0.1, 0.15) is 37.8 Å². The van der Waals surface area contributed by atoms with Gasteiger partial charge in [0.1, 0.15) is 5.76 Å². The minimum atomic E-state index is -3.74. The van der Waals surface area contributed by atoms with Crippen LogP contribution in [-0.4, -0.2) is 25.5 Å². The number of ketones is 1. The molecule has 0 radical (unpaired) electrons. The molecule has 0 bridgehead atoms. The van der Waals surface area contributed by atoms with Crippen molar-refractivity contribution in [3.05, 3.63) is 64.9 Å². The summed E-state index contributed by atoms with van der Waals surface area (Å²) in [5.41, 5.74) is 2.86. The number of sulfonamides is 1. The van der Waals surface area contributed by atoms with Crippen molar-refractivity contribution in [2.24, 2.45) is 10.4 Å². The molecule has 6 nitrogen and oxygen atoms in total. The number of rotatable bonds is 5. The molecule has 0 unspecified atom stereocenters. The Morgan fingerprint density at radius 2 is 1.73 bits per heavy atom. The lowest BCUT2D eigenvalue weighted by Gasteiger charge is -2.28. The van der Waals surface area contributed by atoms with Gasteiger partial charge in [0.15, 0.2) is 5.78 Å². The second-order valence-corrected chi connectivity index (χ2v) is 10.2. The molecule has 1 aliphatic carbocycles. The lowest BCUT2D eigenvalue weighted by atomic mass is 9.77.